The van der Waals surface area contributed by atoms with Crippen LogP contribution in [0.25, 0.3) is 0 Å². The molecule has 0 spiro atoms. The minimum Gasteiger partial charge on any atom is -0.387 e. The summed E-state index contributed by atoms with van der Waals surface area (Å²) in [6.07, 6.45) is -23.9. The highest BCUT2D eigenvalue weighted by Crippen LogP contribution is 2.28. The lowest BCUT2D eigenvalue weighted by Crippen LogP contribution is -2.62. The number of rotatable bonds is 8. The topological polar surface area (TPSA) is 258 Å². The molecule has 0 aromatic carbocycles. The largest absolute Gasteiger partial charge is 0.387 e. The third-order valence-corrected chi connectivity index (χ3v) is 6.55. The molecule has 15 atom stereocenters. The van der Waals surface area contributed by atoms with Gasteiger partial charge in [-0.15, -0.1) is 0 Å². The molecule has 0 bridgehead atoms. The molecule has 3 aliphatic rings. The maximum absolute atomic E-state index is 10.4. The number of hydrogen-bond donors (Lipinski definition) is 10. The van der Waals surface area contributed by atoms with Crippen LogP contribution >= 0.6 is 0 Å². The average molecular weight is 561 g/mol. The highest BCUT2D eigenvalue weighted by molar-refractivity contribution is 4.93. The molecule has 224 valence electrons. The van der Waals surface area contributed by atoms with Gasteiger partial charge in [0.25, 0.3) is 0 Å². The van der Waals surface area contributed by atoms with Gasteiger partial charge in [0, 0.05) is 0 Å². The molecule has 38 heavy (non-hydrogen) atoms. The van der Waals surface area contributed by atoms with Crippen molar-refractivity contribution in [2.45, 2.75) is 118 Å². The summed E-state index contributed by atoms with van der Waals surface area (Å²) in [5.41, 5.74) is -0.582. The van der Waals surface area contributed by atoms with Crippen LogP contribution in [0.3, 0.4) is 0 Å². The Balaban J connectivity index is 1.59. The van der Waals surface area contributed by atoms with Crippen LogP contribution in [0.15, 0.2) is 0 Å². The van der Waals surface area contributed by atoms with Gasteiger partial charge in [0.05, 0.1) is 25.4 Å². The second-order valence-electron chi connectivity index (χ2n) is 10.7. The third-order valence-electron chi connectivity index (χ3n) is 6.55. The maximum atomic E-state index is 10.4. The molecule has 0 saturated carbocycles. The fraction of sp³-hybridized carbons (Fsp3) is 1.00. The van der Waals surface area contributed by atoms with E-state index in [4.69, 9.17) is 28.4 Å². The Hall–Kier alpha value is -0.640. The van der Waals surface area contributed by atoms with Crippen molar-refractivity contribution in [3.63, 3.8) is 0 Å². The molecule has 0 aromatic heterocycles. The third kappa shape index (κ3) is 7.35. The van der Waals surface area contributed by atoms with Crippen LogP contribution in [0.1, 0.15) is 20.8 Å². The number of aliphatic hydroxyl groups excluding tert-OH is 10. The summed E-state index contributed by atoms with van der Waals surface area (Å²) in [6.45, 7) is 4.09. The molecule has 3 heterocycles. The first-order valence-electron chi connectivity index (χ1n) is 12.3. The van der Waals surface area contributed by atoms with Gasteiger partial charge in [0.15, 0.2) is 18.9 Å². The second kappa shape index (κ2) is 12.9. The Morgan fingerprint density at radius 2 is 0.842 bits per heavy atom. The van der Waals surface area contributed by atoms with Crippen molar-refractivity contribution in [1.82, 2.24) is 0 Å². The smallest absolute Gasteiger partial charge is 0.186 e. The monoisotopic (exact) mass is 560 g/mol. The van der Waals surface area contributed by atoms with Crippen LogP contribution in [0.5, 0.6) is 0 Å². The van der Waals surface area contributed by atoms with E-state index in [1.165, 1.54) is 0 Å². The lowest BCUT2D eigenvalue weighted by molar-refractivity contribution is -0.341. The first-order valence-corrected chi connectivity index (χ1v) is 12.3. The molecule has 0 aliphatic carbocycles. The summed E-state index contributed by atoms with van der Waals surface area (Å²) >= 11 is 0. The zero-order valence-corrected chi connectivity index (χ0v) is 21.2. The van der Waals surface area contributed by atoms with Gasteiger partial charge < -0.3 is 79.5 Å². The first-order chi connectivity index (χ1) is 17.6. The van der Waals surface area contributed by atoms with Gasteiger partial charge in [0.2, 0.25) is 0 Å². The summed E-state index contributed by atoms with van der Waals surface area (Å²) in [4.78, 5) is 0. The predicted molar refractivity (Wildman–Crippen MR) is 120 cm³/mol. The standard InChI is InChI=1S/C22H40O16/c1-22(2,3)35-6-9-12(25)15(28)18(31)21(38-9)34-5-8-11(24)14(27)17(30)20(37-8)33-4-7-10(23)13(26)16(29)19(32)36-7/h7-21,23-32H,4-6H2,1-3H3. The van der Waals surface area contributed by atoms with Crippen molar-refractivity contribution < 1.29 is 79.5 Å². The van der Waals surface area contributed by atoms with Crippen molar-refractivity contribution >= 4 is 0 Å². The van der Waals surface area contributed by atoms with Crippen LogP contribution in [-0.4, -0.2) is 169 Å². The molecule has 3 saturated heterocycles. The van der Waals surface area contributed by atoms with E-state index in [1.807, 2.05) is 0 Å². The molecule has 10 N–H and O–H groups in total. The molecule has 3 aliphatic heterocycles. The SMILES string of the molecule is CC(C)(C)OCC1OC(OCC2OC(OCC3OC(O)C(O)C(O)C3O)C(O)C(O)C2O)C(O)C(O)C1O. The minimum atomic E-state index is -1.82. The zero-order chi connectivity index (χ0) is 28.5. The molecular weight excluding hydrogens is 520 g/mol. The normalized spacial score (nSPS) is 48.7. The van der Waals surface area contributed by atoms with Gasteiger partial charge in [-0.25, -0.2) is 0 Å². The summed E-state index contributed by atoms with van der Waals surface area (Å²) in [5, 5.41) is 101. The average Bonchev–Trinajstić information content (AvgIpc) is 2.86. The molecule has 16 heteroatoms. The fourth-order valence-corrected chi connectivity index (χ4v) is 4.16. The van der Waals surface area contributed by atoms with Crippen LogP contribution < -0.4 is 0 Å². The Morgan fingerprint density at radius 3 is 1.26 bits per heavy atom. The Bertz CT molecular complexity index is 737. The van der Waals surface area contributed by atoms with E-state index >= 15 is 0 Å². The van der Waals surface area contributed by atoms with E-state index in [0.717, 1.165) is 0 Å². The van der Waals surface area contributed by atoms with E-state index in [9.17, 15) is 51.1 Å². The molecule has 15 unspecified atom stereocenters. The van der Waals surface area contributed by atoms with Crippen molar-refractivity contribution in [2.75, 3.05) is 19.8 Å². The molecule has 16 nitrogen and oxygen atoms in total. The quantitative estimate of drug-likeness (QED) is 0.133. The van der Waals surface area contributed by atoms with Crippen LogP contribution in [0.4, 0.5) is 0 Å². The Labute approximate surface area is 218 Å². The lowest BCUT2D eigenvalue weighted by Gasteiger charge is -2.43. The van der Waals surface area contributed by atoms with Crippen molar-refractivity contribution in [1.29, 1.82) is 0 Å². The van der Waals surface area contributed by atoms with Crippen molar-refractivity contribution in [3.8, 4) is 0 Å². The molecule has 0 radical (unpaired) electrons. The van der Waals surface area contributed by atoms with Gasteiger partial charge in [-0.1, -0.05) is 0 Å². The van der Waals surface area contributed by atoms with Crippen molar-refractivity contribution in [3.05, 3.63) is 0 Å². The van der Waals surface area contributed by atoms with Gasteiger partial charge in [-0.3, -0.25) is 0 Å². The summed E-state index contributed by atoms with van der Waals surface area (Å²) in [6, 6.07) is 0. The van der Waals surface area contributed by atoms with E-state index in [2.05, 4.69) is 0 Å². The van der Waals surface area contributed by atoms with Crippen LogP contribution in [0.2, 0.25) is 0 Å². The van der Waals surface area contributed by atoms with Gasteiger partial charge in [0.1, 0.15) is 73.2 Å². The predicted octanol–water partition coefficient (Wildman–Crippen LogP) is -5.75. The molecule has 0 amide bonds. The van der Waals surface area contributed by atoms with Gasteiger partial charge in [-0.2, -0.15) is 0 Å². The van der Waals surface area contributed by atoms with E-state index in [1.54, 1.807) is 20.8 Å². The minimum absolute atomic E-state index is 0.132. The summed E-state index contributed by atoms with van der Waals surface area (Å²) < 4.78 is 32.4. The molecule has 3 fully saturated rings. The first kappa shape index (κ1) is 31.9. The second-order valence-corrected chi connectivity index (χ2v) is 10.7. The number of aliphatic hydroxyl groups is 10. The molecule has 3 rings (SSSR count). The number of ether oxygens (including phenoxy) is 6. The maximum Gasteiger partial charge on any atom is 0.186 e. The summed E-state index contributed by atoms with van der Waals surface area (Å²) in [7, 11) is 0. The highest BCUT2D eigenvalue weighted by atomic mass is 16.7. The zero-order valence-electron chi connectivity index (χ0n) is 21.2. The lowest BCUT2D eigenvalue weighted by atomic mass is 9.98. The molecular formula is C22H40O16. The van der Waals surface area contributed by atoms with E-state index in [-0.39, 0.29) is 6.61 Å². The Kier molecular flexibility index (Phi) is 10.8. The van der Waals surface area contributed by atoms with Crippen molar-refractivity contribution in [2.24, 2.45) is 0 Å². The highest BCUT2D eigenvalue weighted by Gasteiger charge is 2.49. The van der Waals surface area contributed by atoms with Crippen LogP contribution in [0, 0.1) is 0 Å². The van der Waals surface area contributed by atoms with Gasteiger partial charge in [-0.05, 0) is 20.8 Å². The van der Waals surface area contributed by atoms with Crippen LogP contribution in [-0.2, 0) is 28.4 Å². The van der Waals surface area contributed by atoms with E-state index in [0.29, 0.717) is 0 Å². The van der Waals surface area contributed by atoms with E-state index < -0.39 is 111 Å². The van der Waals surface area contributed by atoms with Gasteiger partial charge >= 0.3 is 0 Å². The molecule has 0 aromatic rings. The summed E-state index contributed by atoms with van der Waals surface area (Å²) in [5.74, 6) is 0. The fourth-order valence-electron chi connectivity index (χ4n) is 4.16. The Morgan fingerprint density at radius 1 is 0.474 bits per heavy atom. The number of hydrogen-bond acceptors (Lipinski definition) is 16.